The summed E-state index contributed by atoms with van der Waals surface area (Å²) in [6.45, 7) is -1.25. The molecular formula is C21H17F5N8O3. The standard InChI is InChI=1S/C21H17F5N8O3/c22-20(23)9-33(8-15(20)30-18(36)12-2-1-10(6-28-12)21(24,25)26)14-5-13(32-34-4-3-27-16(14)34)11-7-29-19(37)31-17(11)35/h1-6,11,15H,7-9H2,(H,30,36)(H2,29,31,35,37). The molecular weight excluding hydrogens is 507 g/mol. The third kappa shape index (κ3) is 4.61. The predicted octanol–water partition coefficient (Wildman–Crippen LogP) is 1.32. The molecule has 2 aliphatic rings. The van der Waals surface area contributed by atoms with Gasteiger partial charge in [0.1, 0.15) is 11.7 Å². The summed E-state index contributed by atoms with van der Waals surface area (Å²) in [6.07, 6.45) is -1.36. The van der Waals surface area contributed by atoms with E-state index in [4.69, 9.17) is 0 Å². The number of imidazole rings is 1. The fourth-order valence-corrected chi connectivity index (χ4v) is 4.14. The van der Waals surface area contributed by atoms with Gasteiger partial charge in [0, 0.05) is 31.7 Å². The quantitative estimate of drug-likeness (QED) is 0.439. The van der Waals surface area contributed by atoms with Gasteiger partial charge in [0.05, 0.1) is 29.4 Å². The Morgan fingerprint density at radius 3 is 2.65 bits per heavy atom. The lowest BCUT2D eigenvalue weighted by Crippen LogP contribution is -2.51. The van der Waals surface area contributed by atoms with E-state index in [0.29, 0.717) is 12.3 Å². The Morgan fingerprint density at radius 1 is 1.19 bits per heavy atom. The number of amides is 4. The molecule has 2 aliphatic heterocycles. The highest BCUT2D eigenvalue weighted by Gasteiger charge is 2.50. The molecule has 11 nitrogen and oxygen atoms in total. The van der Waals surface area contributed by atoms with Gasteiger partial charge in [-0.05, 0) is 18.2 Å². The first kappa shape index (κ1) is 24.3. The van der Waals surface area contributed by atoms with E-state index in [-0.39, 0.29) is 30.1 Å². The molecule has 16 heteroatoms. The minimum atomic E-state index is -4.66. The smallest absolute Gasteiger partial charge is 0.360 e. The van der Waals surface area contributed by atoms with Crippen molar-refractivity contribution in [2.24, 2.45) is 0 Å². The molecule has 2 unspecified atom stereocenters. The van der Waals surface area contributed by atoms with Gasteiger partial charge in [0.2, 0.25) is 5.91 Å². The van der Waals surface area contributed by atoms with Gasteiger partial charge in [-0.15, -0.1) is 0 Å². The van der Waals surface area contributed by atoms with Gasteiger partial charge >= 0.3 is 12.2 Å². The summed E-state index contributed by atoms with van der Waals surface area (Å²) in [6, 6.07) is 0.499. The maximum absolute atomic E-state index is 14.9. The highest BCUT2D eigenvalue weighted by Crippen LogP contribution is 2.35. The summed E-state index contributed by atoms with van der Waals surface area (Å²) in [5, 5.41) is 11.1. The van der Waals surface area contributed by atoms with Gasteiger partial charge in [-0.3, -0.25) is 19.9 Å². The second-order valence-electron chi connectivity index (χ2n) is 8.50. The van der Waals surface area contributed by atoms with E-state index in [9.17, 15) is 36.3 Å². The molecule has 2 atom stereocenters. The Labute approximate surface area is 204 Å². The average Bonchev–Trinajstić information content (AvgIpc) is 3.41. The Balaban J connectivity index is 1.39. The number of nitrogens with one attached hydrogen (secondary N) is 3. The number of hydrogen-bond acceptors (Lipinski definition) is 7. The van der Waals surface area contributed by atoms with Gasteiger partial charge in [-0.25, -0.2) is 23.1 Å². The van der Waals surface area contributed by atoms with Crippen molar-refractivity contribution >= 4 is 29.2 Å². The van der Waals surface area contributed by atoms with Crippen LogP contribution >= 0.6 is 0 Å². The number of urea groups is 1. The van der Waals surface area contributed by atoms with Crippen molar-refractivity contribution in [3.63, 3.8) is 0 Å². The lowest BCUT2D eigenvalue weighted by atomic mass is 10.0. The third-order valence-corrected chi connectivity index (χ3v) is 6.02. The largest absolute Gasteiger partial charge is 0.417 e. The van der Waals surface area contributed by atoms with E-state index in [2.05, 4.69) is 31.0 Å². The topological polar surface area (TPSA) is 134 Å². The van der Waals surface area contributed by atoms with Gasteiger partial charge in [-0.1, -0.05) is 0 Å². The minimum absolute atomic E-state index is 0.0493. The maximum atomic E-state index is 14.9. The average molecular weight is 524 g/mol. The zero-order valence-electron chi connectivity index (χ0n) is 18.6. The number of anilines is 1. The molecule has 194 valence electrons. The van der Waals surface area contributed by atoms with Crippen molar-refractivity contribution in [3.8, 4) is 0 Å². The van der Waals surface area contributed by atoms with Crippen LogP contribution in [-0.2, 0) is 11.0 Å². The van der Waals surface area contributed by atoms with Gasteiger partial charge in [0.15, 0.2) is 5.65 Å². The van der Waals surface area contributed by atoms with Crippen molar-refractivity contribution in [1.29, 1.82) is 0 Å². The Bertz CT molecular complexity index is 1390. The zero-order valence-corrected chi connectivity index (χ0v) is 18.6. The molecule has 0 aromatic carbocycles. The number of rotatable bonds is 4. The molecule has 0 spiro atoms. The second kappa shape index (κ2) is 8.63. The van der Waals surface area contributed by atoms with Crippen LogP contribution in [0.1, 0.15) is 27.7 Å². The van der Waals surface area contributed by atoms with Gasteiger partial charge in [-0.2, -0.15) is 18.3 Å². The van der Waals surface area contributed by atoms with Crippen molar-refractivity contribution in [2.45, 2.75) is 24.1 Å². The summed E-state index contributed by atoms with van der Waals surface area (Å²) in [5.74, 6) is -5.98. The van der Waals surface area contributed by atoms with Crippen molar-refractivity contribution in [3.05, 3.63) is 53.7 Å². The monoisotopic (exact) mass is 524 g/mol. The molecule has 4 amide bonds. The number of carbonyl (C=O) groups excluding carboxylic acids is 3. The highest BCUT2D eigenvalue weighted by molar-refractivity contribution is 6.00. The molecule has 3 aromatic heterocycles. The zero-order chi connectivity index (χ0) is 26.5. The van der Waals surface area contributed by atoms with E-state index in [1.54, 1.807) is 0 Å². The van der Waals surface area contributed by atoms with Crippen LogP contribution in [0.2, 0.25) is 0 Å². The fraction of sp³-hybridized carbons (Fsp3) is 0.333. The number of carbonyl (C=O) groups is 3. The van der Waals surface area contributed by atoms with Crippen LogP contribution in [0.5, 0.6) is 0 Å². The first-order chi connectivity index (χ1) is 17.4. The van der Waals surface area contributed by atoms with E-state index < -0.39 is 59.7 Å². The molecule has 5 heterocycles. The Hall–Kier alpha value is -4.37. The maximum Gasteiger partial charge on any atom is 0.417 e. The van der Waals surface area contributed by atoms with Crippen LogP contribution in [0.15, 0.2) is 36.8 Å². The second-order valence-corrected chi connectivity index (χ2v) is 8.50. The number of imide groups is 1. The molecule has 2 saturated heterocycles. The summed E-state index contributed by atoms with van der Waals surface area (Å²) < 4.78 is 69.4. The van der Waals surface area contributed by atoms with Crippen LogP contribution in [0.4, 0.5) is 32.4 Å². The number of nitrogens with zero attached hydrogens (tertiary/aromatic N) is 5. The van der Waals surface area contributed by atoms with Crippen LogP contribution < -0.4 is 20.9 Å². The minimum Gasteiger partial charge on any atom is -0.360 e. The predicted molar refractivity (Wildman–Crippen MR) is 115 cm³/mol. The Morgan fingerprint density at radius 2 is 1.97 bits per heavy atom. The van der Waals surface area contributed by atoms with E-state index in [1.807, 2.05) is 0 Å². The van der Waals surface area contributed by atoms with E-state index >= 15 is 0 Å². The third-order valence-electron chi connectivity index (χ3n) is 6.02. The van der Waals surface area contributed by atoms with Gasteiger partial charge in [0.25, 0.3) is 11.8 Å². The van der Waals surface area contributed by atoms with Crippen LogP contribution in [-0.4, -0.2) is 69.0 Å². The SMILES string of the molecule is O=C1NCC(c2cc(N3CC(NC(=O)c4ccc(C(F)(F)F)cn4)C(F)(F)C3)c3nccn3n2)C(=O)N1. The van der Waals surface area contributed by atoms with Crippen molar-refractivity contribution < 1.29 is 36.3 Å². The van der Waals surface area contributed by atoms with Crippen LogP contribution in [0.25, 0.3) is 5.65 Å². The molecule has 0 saturated carbocycles. The summed E-state index contributed by atoms with van der Waals surface area (Å²) in [7, 11) is 0. The number of alkyl halides is 5. The lowest BCUT2D eigenvalue weighted by molar-refractivity contribution is -0.137. The molecule has 0 aliphatic carbocycles. The molecule has 0 radical (unpaired) electrons. The van der Waals surface area contributed by atoms with E-state index in [0.717, 1.165) is 6.07 Å². The molecule has 5 rings (SSSR count). The van der Waals surface area contributed by atoms with Crippen LogP contribution in [0.3, 0.4) is 0 Å². The first-order valence-electron chi connectivity index (χ1n) is 10.8. The Kier molecular flexibility index (Phi) is 5.68. The number of hydrogen-bond donors (Lipinski definition) is 3. The van der Waals surface area contributed by atoms with E-state index in [1.165, 1.54) is 27.9 Å². The van der Waals surface area contributed by atoms with Crippen molar-refractivity contribution in [1.82, 2.24) is 35.5 Å². The van der Waals surface area contributed by atoms with Crippen molar-refractivity contribution in [2.75, 3.05) is 24.5 Å². The molecule has 0 bridgehead atoms. The molecule has 37 heavy (non-hydrogen) atoms. The number of pyridine rings is 1. The van der Waals surface area contributed by atoms with Gasteiger partial charge < -0.3 is 15.5 Å². The fourth-order valence-electron chi connectivity index (χ4n) is 4.14. The molecule has 2 fully saturated rings. The highest BCUT2D eigenvalue weighted by atomic mass is 19.4. The first-order valence-corrected chi connectivity index (χ1v) is 10.8. The number of fused-ring (bicyclic) bond motifs is 1. The molecule has 3 aromatic rings. The normalized spacial score (nSPS) is 21.6. The van der Waals surface area contributed by atoms with Crippen LogP contribution in [0, 0.1) is 0 Å². The number of halogens is 5. The number of aromatic nitrogens is 4. The summed E-state index contributed by atoms with van der Waals surface area (Å²) in [4.78, 5) is 45.0. The summed E-state index contributed by atoms with van der Waals surface area (Å²) in [5.41, 5.74) is -0.901. The summed E-state index contributed by atoms with van der Waals surface area (Å²) >= 11 is 0. The lowest BCUT2D eigenvalue weighted by Gasteiger charge is -2.24. The molecule has 3 N–H and O–H groups in total.